The molecule has 6 heteroatoms. The molecule has 0 radical (unpaired) electrons. The maximum absolute atomic E-state index is 11.5. The Hall–Kier alpha value is -1.29. The summed E-state index contributed by atoms with van der Waals surface area (Å²) in [5, 5.41) is 13.9. The van der Waals surface area contributed by atoms with Crippen molar-refractivity contribution in [2.75, 3.05) is 13.7 Å². The van der Waals surface area contributed by atoms with Crippen LogP contribution in [0.4, 0.5) is 0 Å². The first kappa shape index (κ1) is 36.2. The summed E-state index contributed by atoms with van der Waals surface area (Å²) >= 11 is 0. The lowest BCUT2D eigenvalue weighted by atomic mass is 9.79. The van der Waals surface area contributed by atoms with Gasteiger partial charge in [-0.3, -0.25) is 0 Å². The third-order valence-electron chi connectivity index (χ3n) is 10.5. The number of aliphatic hydroxyl groups excluding tert-OH is 1. The van der Waals surface area contributed by atoms with Gasteiger partial charge in [0, 0.05) is 7.11 Å². The van der Waals surface area contributed by atoms with E-state index in [0.717, 1.165) is 25.7 Å². The fourth-order valence-corrected chi connectivity index (χ4v) is 18.5. The lowest BCUT2D eigenvalue weighted by molar-refractivity contribution is -0.0514. The third kappa shape index (κ3) is 7.93. The molecule has 1 aliphatic carbocycles. The summed E-state index contributed by atoms with van der Waals surface area (Å²) < 4.78 is 20.4. The van der Waals surface area contributed by atoms with Gasteiger partial charge < -0.3 is 18.7 Å². The SMILES string of the molecule is CO[C@@H]1C[C@H](C[C@@H](C)[C@H](O)CO[Si](c2ccccc2)(c2ccccc2)C(C)(C)C)CC[C@H]1O[Si](C(C)C)(C(C)C)C(C)C. The van der Waals surface area contributed by atoms with Crippen LogP contribution in [-0.4, -0.2) is 53.8 Å². The number of aliphatic hydroxyl groups is 1. The largest absolute Gasteiger partial charge is 0.411 e. The van der Waals surface area contributed by atoms with Gasteiger partial charge in [0.1, 0.15) is 0 Å². The summed E-state index contributed by atoms with van der Waals surface area (Å²) in [6.07, 6.45) is 3.87. The highest BCUT2D eigenvalue weighted by Gasteiger charge is 2.51. The summed E-state index contributed by atoms with van der Waals surface area (Å²) in [5.74, 6) is 0.643. The number of hydrogen-bond donors (Lipinski definition) is 1. The van der Waals surface area contributed by atoms with Crippen molar-refractivity contribution < 1.29 is 18.7 Å². The van der Waals surface area contributed by atoms with E-state index in [9.17, 15) is 5.11 Å². The second kappa shape index (κ2) is 15.3. The Morgan fingerprint density at radius 1 is 0.767 bits per heavy atom. The molecular weight excluding hydrogens is 565 g/mol. The second-order valence-corrected chi connectivity index (χ2v) is 24.9. The maximum Gasteiger partial charge on any atom is 0.261 e. The predicted octanol–water partition coefficient (Wildman–Crippen LogP) is 8.33. The molecule has 1 saturated carbocycles. The monoisotopic (exact) mass is 626 g/mol. The Morgan fingerprint density at radius 3 is 1.67 bits per heavy atom. The molecule has 5 atom stereocenters. The average molecular weight is 627 g/mol. The molecule has 3 rings (SSSR count). The molecule has 0 aromatic heterocycles. The minimum atomic E-state index is -2.68. The van der Waals surface area contributed by atoms with E-state index in [1.165, 1.54) is 10.4 Å². The summed E-state index contributed by atoms with van der Waals surface area (Å²) in [6, 6.07) is 21.4. The van der Waals surface area contributed by atoms with E-state index in [4.69, 9.17) is 13.6 Å². The molecule has 2 aromatic carbocycles. The van der Waals surface area contributed by atoms with Crippen LogP contribution in [0.2, 0.25) is 21.7 Å². The standard InChI is InChI=1S/C37H62O4Si2/c1-27(2)42(28(3)4,29(5)6)41-35-23-22-31(25-36(35)39-11)24-30(7)34(38)26-40-43(37(8,9)10,32-18-14-12-15-19-32)33-20-16-13-17-21-33/h12-21,27-31,34-36,38H,22-26H2,1-11H3/t30-,31+,34-,35-,36-/m1/s1. The highest BCUT2D eigenvalue weighted by molar-refractivity contribution is 6.99. The molecule has 0 spiro atoms. The molecule has 2 aromatic rings. The van der Waals surface area contributed by atoms with Crippen LogP contribution in [0.1, 0.15) is 94.9 Å². The molecule has 0 unspecified atom stereocenters. The number of benzene rings is 2. The number of ether oxygens (including phenoxy) is 1. The van der Waals surface area contributed by atoms with Crippen LogP contribution in [0.25, 0.3) is 0 Å². The van der Waals surface area contributed by atoms with Crippen molar-refractivity contribution in [1.82, 2.24) is 0 Å². The van der Waals surface area contributed by atoms with Crippen molar-refractivity contribution >= 4 is 27.0 Å². The molecule has 0 amide bonds. The molecule has 4 nitrogen and oxygen atoms in total. The molecule has 0 heterocycles. The minimum Gasteiger partial charge on any atom is -0.411 e. The van der Waals surface area contributed by atoms with E-state index in [2.05, 4.69) is 130 Å². The van der Waals surface area contributed by atoms with Gasteiger partial charge in [-0.1, -0.05) is 130 Å². The lowest BCUT2D eigenvalue weighted by Crippen LogP contribution is -2.67. The summed E-state index contributed by atoms with van der Waals surface area (Å²) in [5.41, 5.74) is 1.69. The molecule has 43 heavy (non-hydrogen) atoms. The van der Waals surface area contributed by atoms with Gasteiger partial charge in [-0.15, -0.1) is 0 Å². The zero-order chi connectivity index (χ0) is 32.0. The number of hydrogen-bond acceptors (Lipinski definition) is 4. The highest BCUT2D eigenvalue weighted by atomic mass is 28.4. The van der Waals surface area contributed by atoms with E-state index >= 15 is 0 Å². The molecule has 0 bridgehead atoms. The highest BCUT2D eigenvalue weighted by Crippen LogP contribution is 2.45. The molecule has 242 valence electrons. The van der Waals surface area contributed by atoms with Crippen LogP contribution >= 0.6 is 0 Å². The van der Waals surface area contributed by atoms with Gasteiger partial charge in [0.15, 0.2) is 0 Å². The maximum atomic E-state index is 11.5. The third-order valence-corrected chi connectivity index (χ3v) is 21.6. The first-order chi connectivity index (χ1) is 20.2. The molecular formula is C37H62O4Si2. The van der Waals surface area contributed by atoms with Gasteiger partial charge in [-0.2, -0.15) is 0 Å². The predicted molar refractivity (Wildman–Crippen MR) is 187 cm³/mol. The lowest BCUT2D eigenvalue weighted by Gasteiger charge is -2.48. The van der Waals surface area contributed by atoms with E-state index in [1.54, 1.807) is 0 Å². The molecule has 0 saturated heterocycles. The van der Waals surface area contributed by atoms with Gasteiger partial charge in [0.2, 0.25) is 8.32 Å². The average Bonchev–Trinajstić information content (AvgIpc) is 2.96. The second-order valence-electron chi connectivity index (χ2n) is 15.2. The fourth-order valence-electron chi connectivity index (χ4n) is 8.27. The van der Waals surface area contributed by atoms with E-state index < -0.39 is 22.7 Å². The minimum absolute atomic E-state index is 0.108. The van der Waals surface area contributed by atoms with Crippen molar-refractivity contribution in [3.8, 4) is 0 Å². The Kier molecular flexibility index (Phi) is 12.9. The fraction of sp³-hybridized carbons (Fsp3) is 0.676. The van der Waals surface area contributed by atoms with Crippen molar-refractivity contribution in [3.63, 3.8) is 0 Å². The smallest absolute Gasteiger partial charge is 0.261 e. The van der Waals surface area contributed by atoms with Crippen molar-refractivity contribution in [1.29, 1.82) is 0 Å². The quantitative estimate of drug-likeness (QED) is 0.214. The molecule has 1 aliphatic rings. The summed E-state index contributed by atoms with van der Waals surface area (Å²) in [4.78, 5) is 0. The van der Waals surface area contributed by atoms with Crippen molar-refractivity contribution in [2.45, 2.75) is 135 Å². The van der Waals surface area contributed by atoms with Crippen LogP contribution in [0.5, 0.6) is 0 Å². The van der Waals surface area contributed by atoms with Crippen LogP contribution in [0, 0.1) is 11.8 Å². The van der Waals surface area contributed by atoms with Crippen LogP contribution in [0.15, 0.2) is 60.7 Å². The number of methoxy groups -OCH3 is 1. The van der Waals surface area contributed by atoms with Gasteiger partial charge in [0.05, 0.1) is 24.9 Å². The molecule has 0 aliphatic heterocycles. The van der Waals surface area contributed by atoms with E-state index in [-0.39, 0.29) is 23.2 Å². The Morgan fingerprint density at radius 2 is 1.26 bits per heavy atom. The normalized spacial score (nSPS) is 21.9. The van der Waals surface area contributed by atoms with Crippen molar-refractivity contribution in [3.05, 3.63) is 60.7 Å². The van der Waals surface area contributed by atoms with Gasteiger partial charge in [0.25, 0.3) is 8.32 Å². The zero-order valence-electron chi connectivity index (χ0n) is 29.1. The van der Waals surface area contributed by atoms with Gasteiger partial charge >= 0.3 is 0 Å². The topological polar surface area (TPSA) is 47.9 Å². The zero-order valence-corrected chi connectivity index (χ0v) is 31.1. The van der Waals surface area contributed by atoms with Gasteiger partial charge in [-0.25, -0.2) is 0 Å². The van der Waals surface area contributed by atoms with E-state index in [0.29, 0.717) is 29.1 Å². The Balaban J connectivity index is 1.72. The summed E-state index contributed by atoms with van der Waals surface area (Å²) in [6.45, 7) is 23.5. The Labute approximate surface area is 266 Å². The molecule has 1 N–H and O–H groups in total. The van der Waals surface area contributed by atoms with Crippen LogP contribution in [-0.2, 0) is 13.6 Å². The van der Waals surface area contributed by atoms with Crippen molar-refractivity contribution in [2.24, 2.45) is 11.8 Å². The van der Waals surface area contributed by atoms with Crippen LogP contribution < -0.4 is 10.4 Å². The number of rotatable bonds is 14. The Bertz CT molecular complexity index is 1020. The van der Waals surface area contributed by atoms with Crippen LogP contribution in [0.3, 0.4) is 0 Å². The van der Waals surface area contributed by atoms with E-state index in [1.807, 2.05) is 7.11 Å². The molecule has 1 fully saturated rings. The first-order valence-electron chi connectivity index (χ1n) is 16.8. The first-order valence-corrected chi connectivity index (χ1v) is 20.9. The summed E-state index contributed by atoms with van der Waals surface area (Å²) in [7, 11) is -2.81. The van der Waals surface area contributed by atoms with Gasteiger partial charge in [-0.05, 0) is 69.6 Å².